The standard InChI is InChI=1S/C15H15N3OS2/c19-10-6-9(7-10)13(12-2-1-4-20-12)18-14-11-3-5-21-15(11)17-8-16-14/h1-5,8-10,13,19H,6-7H2,(H,16,17,18)/t9?,10?,13-/m0/s1. The minimum atomic E-state index is -0.147. The summed E-state index contributed by atoms with van der Waals surface area (Å²) < 4.78 is 0. The van der Waals surface area contributed by atoms with Crippen molar-refractivity contribution in [3.8, 4) is 0 Å². The van der Waals surface area contributed by atoms with Crippen molar-refractivity contribution >= 4 is 38.7 Å². The first kappa shape index (κ1) is 13.2. The highest BCUT2D eigenvalue weighted by Gasteiger charge is 2.35. The van der Waals surface area contributed by atoms with Gasteiger partial charge in [-0.3, -0.25) is 0 Å². The Bertz CT molecular complexity index is 734. The molecule has 4 rings (SSSR count). The minimum Gasteiger partial charge on any atom is -0.393 e. The Morgan fingerprint density at radius 1 is 1.19 bits per heavy atom. The van der Waals surface area contributed by atoms with Gasteiger partial charge in [0.25, 0.3) is 0 Å². The summed E-state index contributed by atoms with van der Waals surface area (Å²) in [6.45, 7) is 0. The van der Waals surface area contributed by atoms with Crippen LogP contribution < -0.4 is 5.32 Å². The van der Waals surface area contributed by atoms with Crippen molar-refractivity contribution in [1.82, 2.24) is 9.97 Å². The molecule has 0 amide bonds. The van der Waals surface area contributed by atoms with E-state index in [1.54, 1.807) is 29.0 Å². The molecule has 21 heavy (non-hydrogen) atoms. The van der Waals surface area contributed by atoms with E-state index in [-0.39, 0.29) is 12.1 Å². The summed E-state index contributed by atoms with van der Waals surface area (Å²) >= 11 is 3.38. The second-order valence-electron chi connectivity index (χ2n) is 5.38. The van der Waals surface area contributed by atoms with Crippen molar-refractivity contribution in [2.24, 2.45) is 5.92 Å². The fourth-order valence-electron chi connectivity index (χ4n) is 2.84. The summed E-state index contributed by atoms with van der Waals surface area (Å²) in [5.74, 6) is 1.35. The highest BCUT2D eigenvalue weighted by Crippen LogP contribution is 2.42. The van der Waals surface area contributed by atoms with Gasteiger partial charge < -0.3 is 10.4 Å². The average Bonchev–Trinajstić information content (AvgIpc) is 3.12. The molecule has 0 radical (unpaired) electrons. The largest absolute Gasteiger partial charge is 0.393 e. The van der Waals surface area contributed by atoms with Crippen LogP contribution in [0.2, 0.25) is 0 Å². The zero-order valence-corrected chi connectivity index (χ0v) is 12.9. The van der Waals surface area contributed by atoms with Gasteiger partial charge in [-0.25, -0.2) is 9.97 Å². The van der Waals surface area contributed by atoms with Crippen molar-refractivity contribution in [2.45, 2.75) is 25.0 Å². The van der Waals surface area contributed by atoms with Gasteiger partial charge in [0, 0.05) is 4.88 Å². The van der Waals surface area contributed by atoms with Crippen LogP contribution in [0.15, 0.2) is 35.3 Å². The summed E-state index contributed by atoms with van der Waals surface area (Å²) in [6.07, 6.45) is 3.18. The third-order valence-corrected chi connectivity index (χ3v) is 5.80. The lowest BCUT2D eigenvalue weighted by atomic mass is 9.77. The van der Waals surface area contributed by atoms with Gasteiger partial charge in [0.15, 0.2) is 0 Å². The molecule has 3 heterocycles. The molecule has 3 aromatic heterocycles. The molecule has 1 aliphatic carbocycles. The smallest absolute Gasteiger partial charge is 0.138 e. The minimum absolute atomic E-state index is 0.147. The number of aliphatic hydroxyl groups excluding tert-OH is 1. The predicted octanol–water partition coefficient (Wildman–Crippen LogP) is 3.68. The summed E-state index contributed by atoms with van der Waals surface area (Å²) in [7, 11) is 0. The predicted molar refractivity (Wildman–Crippen MR) is 86.8 cm³/mol. The second-order valence-corrected chi connectivity index (χ2v) is 7.26. The lowest BCUT2D eigenvalue weighted by Gasteiger charge is -2.38. The van der Waals surface area contributed by atoms with Gasteiger partial charge in [0.05, 0.1) is 17.5 Å². The van der Waals surface area contributed by atoms with E-state index in [1.165, 1.54) is 4.88 Å². The molecule has 0 aromatic carbocycles. The van der Waals surface area contributed by atoms with Gasteiger partial charge in [-0.05, 0) is 41.7 Å². The lowest BCUT2D eigenvalue weighted by Crippen LogP contribution is -2.35. The summed E-state index contributed by atoms with van der Waals surface area (Å²) in [4.78, 5) is 11.0. The van der Waals surface area contributed by atoms with Gasteiger partial charge >= 0.3 is 0 Å². The normalized spacial score (nSPS) is 22.9. The van der Waals surface area contributed by atoms with Gasteiger partial charge in [-0.1, -0.05) is 6.07 Å². The Balaban J connectivity index is 1.67. The molecule has 0 aliphatic heterocycles. The van der Waals surface area contributed by atoms with Crippen molar-refractivity contribution in [3.05, 3.63) is 40.2 Å². The van der Waals surface area contributed by atoms with E-state index >= 15 is 0 Å². The molecule has 6 heteroatoms. The molecule has 1 fully saturated rings. The summed E-state index contributed by atoms with van der Waals surface area (Å²) in [5.41, 5.74) is 0. The first-order chi connectivity index (χ1) is 10.3. The first-order valence-corrected chi connectivity index (χ1v) is 8.73. The molecule has 3 aromatic rings. The van der Waals surface area contributed by atoms with Crippen LogP contribution in [0.5, 0.6) is 0 Å². The Morgan fingerprint density at radius 3 is 2.86 bits per heavy atom. The van der Waals surface area contributed by atoms with E-state index in [9.17, 15) is 5.11 Å². The van der Waals surface area contributed by atoms with Gasteiger partial charge in [-0.15, -0.1) is 22.7 Å². The number of rotatable bonds is 4. The van der Waals surface area contributed by atoms with Gasteiger partial charge in [-0.2, -0.15) is 0 Å². The van der Waals surface area contributed by atoms with Crippen LogP contribution in [0.4, 0.5) is 5.82 Å². The third kappa shape index (κ3) is 2.43. The van der Waals surface area contributed by atoms with Crippen LogP contribution in [0.3, 0.4) is 0 Å². The number of aliphatic hydroxyl groups is 1. The van der Waals surface area contributed by atoms with Crippen LogP contribution >= 0.6 is 22.7 Å². The molecule has 1 aliphatic rings. The maximum atomic E-state index is 9.62. The fraction of sp³-hybridized carbons (Fsp3) is 0.333. The third-order valence-electron chi connectivity index (χ3n) is 4.02. The highest BCUT2D eigenvalue weighted by molar-refractivity contribution is 7.16. The maximum absolute atomic E-state index is 9.62. The quantitative estimate of drug-likeness (QED) is 0.771. The fourth-order valence-corrected chi connectivity index (χ4v) is 4.45. The number of nitrogens with one attached hydrogen (secondary N) is 1. The molecule has 0 unspecified atom stereocenters. The van der Waals surface area contributed by atoms with Crippen LogP contribution in [0.1, 0.15) is 23.8 Å². The average molecular weight is 317 g/mol. The Hall–Kier alpha value is -1.50. The van der Waals surface area contributed by atoms with Crippen LogP contribution in [-0.2, 0) is 0 Å². The molecule has 0 spiro atoms. The molecule has 2 N–H and O–H groups in total. The van der Waals surface area contributed by atoms with E-state index < -0.39 is 0 Å². The first-order valence-electron chi connectivity index (χ1n) is 6.97. The second kappa shape index (κ2) is 5.36. The highest BCUT2D eigenvalue weighted by atomic mass is 32.1. The molecular formula is C15H15N3OS2. The van der Waals surface area contributed by atoms with E-state index in [0.717, 1.165) is 28.9 Å². The number of hydrogen-bond donors (Lipinski definition) is 2. The SMILES string of the molecule is OC1CC([C@H](Nc2ncnc3sccc23)c2cccs2)C1. The zero-order chi connectivity index (χ0) is 14.2. The topological polar surface area (TPSA) is 58.0 Å². The van der Waals surface area contributed by atoms with Crippen LogP contribution in [-0.4, -0.2) is 21.2 Å². The van der Waals surface area contributed by atoms with E-state index in [2.05, 4.69) is 38.9 Å². The van der Waals surface area contributed by atoms with Crippen molar-refractivity contribution < 1.29 is 5.11 Å². The Kier molecular flexibility index (Phi) is 3.37. The number of aromatic nitrogens is 2. The number of fused-ring (bicyclic) bond motifs is 1. The number of thiophene rings is 2. The molecule has 1 saturated carbocycles. The van der Waals surface area contributed by atoms with Gasteiger partial charge in [0.1, 0.15) is 17.0 Å². The lowest BCUT2D eigenvalue weighted by molar-refractivity contribution is 0.0344. The molecule has 1 atom stereocenters. The van der Waals surface area contributed by atoms with E-state index in [4.69, 9.17) is 0 Å². The number of hydrogen-bond acceptors (Lipinski definition) is 6. The van der Waals surface area contributed by atoms with Crippen molar-refractivity contribution in [1.29, 1.82) is 0 Å². The van der Waals surface area contributed by atoms with Gasteiger partial charge in [0.2, 0.25) is 0 Å². The summed E-state index contributed by atoms with van der Waals surface area (Å²) in [6, 6.07) is 6.50. The zero-order valence-electron chi connectivity index (χ0n) is 11.3. The van der Waals surface area contributed by atoms with E-state index in [0.29, 0.717) is 5.92 Å². The molecule has 4 nitrogen and oxygen atoms in total. The van der Waals surface area contributed by atoms with Crippen molar-refractivity contribution in [3.63, 3.8) is 0 Å². The molecule has 0 bridgehead atoms. The number of nitrogens with zero attached hydrogens (tertiary/aromatic N) is 2. The van der Waals surface area contributed by atoms with Crippen LogP contribution in [0, 0.1) is 5.92 Å². The molecular weight excluding hydrogens is 302 g/mol. The van der Waals surface area contributed by atoms with Crippen LogP contribution in [0.25, 0.3) is 10.2 Å². The Labute approximate surface area is 130 Å². The summed E-state index contributed by atoms with van der Waals surface area (Å²) in [5, 5.41) is 18.4. The maximum Gasteiger partial charge on any atom is 0.138 e. The number of anilines is 1. The van der Waals surface area contributed by atoms with E-state index in [1.807, 2.05) is 5.38 Å². The monoisotopic (exact) mass is 317 g/mol. The van der Waals surface area contributed by atoms with Crippen molar-refractivity contribution in [2.75, 3.05) is 5.32 Å². The Morgan fingerprint density at radius 2 is 2.10 bits per heavy atom. The molecule has 108 valence electrons. The molecule has 0 saturated heterocycles.